The summed E-state index contributed by atoms with van der Waals surface area (Å²) < 4.78 is 34.9. The minimum absolute atomic E-state index is 0.0160. The Balaban J connectivity index is 1.35. The van der Waals surface area contributed by atoms with Crippen LogP contribution in [0.4, 0.5) is 5.69 Å². The van der Waals surface area contributed by atoms with Crippen LogP contribution in [0.2, 0.25) is 0 Å². The van der Waals surface area contributed by atoms with E-state index in [1.807, 2.05) is 36.4 Å². The number of nitrogens with zero attached hydrogens (tertiary/aromatic N) is 2. The highest BCUT2D eigenvalue weighted by Gasteiger charge is 2.39. The monoisotopic (exact) mass is 493 g/mol. The quantitative estimate of drug-likeness (QED) is 0.570. The highest BCUT2D eigenvalue weighted by Crippen LogP contribution is 2.37. The number of hydrogen-bond acceptors (Lipinski definition) is 5. The van der Waals surface area contributed by atoms with Crippen LogP contribution >= 0.6 is 0 Å². The Hall–Kier alpha value is -3.43. The van der Waals surface area contributed by atoms with E-state index in [-0.39, 0.29) is 40.3 Å². The standard InChI is InChI=1S/C26H27N3O5S/c1-34-21-7-9-22(10-8-21)35(32,33)28-15-19-13-20(17-28)24-12-11-23(26(31)29(24)16-19)27-25(30)14-18-5-3-2-4-6-18/h2-12,19-20H,13-17H2,1H3,(H,27,30)/t19-,20-/m1/s1. The summed E-state index contributed by atoms with van der Waals surface area (Å²) in [6.45, 7) is 1.08. The molecule has 182 valence electrons. The lowest BCUT2D eigenvalue weighted by Crippen LogP contribution is -2.49. The molecular weight excluding hydrogens is 466 g/mol. The van der Waals surface area contributed by atoms with Gasteiger partial charge < -0.3 is 14.6 Å². The molecule has 1 saturated heterocycles. The molecule has 1 amide bonds. The van der Waals surface area contributed by atoms with Crippen molar-refractivity contribution in [2.45, 2.75) is 30.2 Å². The number of piperidine rings is 1. The Bertz CT molecular complexity index is 1400. The lowest BCUT2D eigenvalue weighted by Gasteiger charge is -2.42. The molecule has 2 aromatic carbocycles. The van der Waals surface area contributed by atoms with Crippen LogP contribution in [-0.2, 0) is 27.8 Å². The zero-order valence-electron chi connectivity index (χ0n) is 19.4. The van der Waals surface area contributed by atoms with Crippen LogP contribution in [0.5, 0.6) is 5.75 Å². The number of rotatable bonds is 6. The highest BCUT2D eigenvalue weighted by molar-refractivity contribution is 7.89. The van der Waals surface area contributed by atoms with Gasteiger partial charge in [-0.3, -0.25) is 9.59 Å². The van der Waals surface area contributed by atoms with Crippen molar-refractivity contribution in [1.82, 2.24) is 8.87 Å². The van der Waals surface area contributed by atoms with Crippen LogP contribution in [0.25, 0.3) is 0 Å². The first kappa shape index (κ1) is 23.3. The molecule has 35 heavy (non-hydrogen) atoms. The summed E-state index contributed by atoms with van der Waals surface area (Å²) in [6, 6.07) is 19.2. The molecule has 1 fully saturated rings. The van der Waals surface area contributed by atoms with Gasteiger partial charge in [0.25, 0.3) is 5.56 Å². The van der Waals surface area contributed by atoms with E-state index in [1.165, 1.54) is 11.4 Å². The van der Waals surface area contributed by atoms with Crippen molar-refractivity contribution in [1.29, 1.82) is 0 Å². The molecule has 2 aliphatic heterocycles. The molecule has 3 aromatic rings. The summed E-state index contributed by atoms with van der Waals surface area (Å²) in [5, 5.41) is 2.75. The molecule has 9 heteroatoms. The van der Waals surface area contributed by atoms with Crippen molar-refractivity contribution in [3.63, 3.8) is 0 Å². The third-order valence-corrected chi connectivity index (χ3v) is 8.60. The molecule has 1 N–H and O–H groups in total. The zero-order chi connectivity index (χ0) is 24.6. The fraction of sp³-hybridized carbons (Fsp3) is 0.308. The minimum Gasteiger partial charge on any atom is -0.497 e. The van der Waals surface area contributed by atoms with E-state index in [9.17, 15) is 18.0 Å². The van der Waals surface area contributed by atoms with Crippen LogP contribution in [0, 0.1) is 5.92 Å². The van der Waals surface area contributed by atoms with Crippen molar-refractivity contribution >= 4 is 21.6 Å². The van der Waals surface area contributed by atoms with Gasteiger partial charge in [-0.1, -0.05) is 30.3 Å². The molecule has 8 nitrogen and oxygen atoms in total. The van der Waals surface area contributed by atoms with E-state index in [1.54, 1.807) is 34.9 Å². The van der Waals surface area contributed by atoms with Crippen molar-refractivity contribution in [3.8, 4) is 5.75 Å². The Morgan fingerprint density at radius 1 is 1.00 bits per heavy atom. The van der Waals surface area contributed by atoms with Gasteiger partial charge in [0.1, 0.15) is 11.4 Å². The Morgan fingerprint density at radius 2 is 1.74 bits per heavy atom. The van der Waals surface area contributed by atoms with Gasteiger partial charge in [-0.05, 0) is 54.3 Å². The van der Waals surface area contributed by atoms with E-state index in [4.69, 9.17) is 4.74 Å². The maximum Gasteiger partial charge on any atom is 0.274 e. The van der Waals surface area contributed by atoms with Crippen LogP contribution in [0.15, 0.2) is 76.4 Å². The molecular formula is C26H27N3O5S. The number of aromatic nitrogens is 1. The Kier molecular flexibility index (Phi) is 6.21. The first-order chi connectivity index (χ1) is 16.8. The van der Waals surface area contributed by atoms with Crippen molar-refractivity contribution in [3.05, 3.63) is 88.3 Å². The zero-order valence-corrected chi connectivity index (χ0v) is 20.2. The van der Waals surface area contributed by atoms with Gasteiger partial charge in [-0.2, -0.15) is 4.31 Å². The molecule has 0 radical (unpaired) electrons. The second-order valence-electron chi connectivity index (χ2n) is 9.09. The SMILES string of the molecule is COc1ccc(S(=O)(=O)N2C[C@H]3C[C@H](C2)c2ccc(NC(=O)Cc4ccccc4)c(=O)n2C3)cc1. The van der Waals surface area contributed by atoms with E-state index in [2.05, 4.69) is 5.32 Å². The molecule has 0 unspecified atom stereocenters. The topological polar surface area (TPSA) is 97.7 Å². The van der Waals surface area contributed by atoms with E-state index >= 15 is 0 Å². The smallest absolute Gasteiger partial charge is 0.274 e. The van der Waals surface area contributed by atoms with Crippen LogP contribution < -0.4 is 15.6 Å². The maximum atomic E-state index is 13.3. The van der Waals surface area contributed by atoms with Crippen molar-refractivity contribution in [2.24, 2.45) is 5.92 Å². The molecule has 5 rings (SSSR count). The molecule has 0 spiro atoms. The lowest BCUT2D eigenvalue weighted by atomic mass is 9.84. The Labute approximate surface area is 204 Å². The second kappa shape index (κ2) is 9.31. The van der Waals surface area contributed by atoms with Crippen molar-refractivity contribution < 1.29 is 17.9 Å². The molecule has 3 heterocycles. The summed E-state index contributed by atoms with van der Waals surface area (Å²) in [6.07, 6.45) is 1.01. The number of sulfonamides is 1. The number of pyridine rings is 1. The van der Waals surface area contributed by atoms with Gasteiger partial charge in [0, 0.05) is 31.2 Å². The summed E-state index contributed by atoms with van der Waals surface area (Å²) >= 11 is 0. The Morgan fingerprint density at radius 3 is 2.46 bits per heavy atom. The van der Waals surface area contributed by atoms with Gasteiger partial charge in [0.05, 0.1) is 18.4 Å². The number of carbonyl (C=O) groups excluding carboxylic acids is 1. The number of methoxy groups -OCH3 is 1. The number of ether oxygens (including phenoxy) is 1. The van der Waals surface area contributed by atoms with Gasteiger partial charge in [0.2, 0.25) is 15.9 Å². The summed E-state index contributed by atoms with van der Waals surface area (Å²) in [5.41, 5.74) is 1.68. The first-order valence-electron chi connectivity index (χ1n) is 11.6. The average molecular weight is 494 g/mol. The molecule has 1 aromatic heterocycles. The van der Waals surface area contributed by atoms with E-state index < -0.39 is 10.0 Å². The molecule has 0 aliphatic carbocycles. The molecule has 0 saturated carbocycles. The fourth-order valence-electron chi connectivity index (χ4n) is 5.07. The number of hydrogen-bond donors (Lipinski definition) is 1. The van der Waals surface area contributed by atoms with Gasteiger partial charge >= 0.3 is 0 Å². The van der Waals surface area contributed by atoms with Crippen LogP contribution in [-0.4, -0.2) is 43.4 Å². The first-order valence-corrected chi connectivity index (χ1v) is 13.0. The summed E-state index contributed by atoms with van der Waals surface area (Å²) in [7, 11) is -2.13. The van der Waals surface area contributed by atoms with Gasteiger partial charge in [-0.15, -0.1) is 0 Å². The summed E-state index contributed by atoms with van der Waals surface area (Å²) in [5.74, 6) is 0.278. The third kappa shape index (κ3) is 4.61. The van der Waals surface area contributed by atoms with E-state index in [0.717, 1.165) is 17.7 Å². The second-order valence-corrected chi connectivity index (χ2v) is 11.0. The molecule has 2 aliphatic rings. The predicted molar refractivity (Wildman–Crippen MR) is 132 cm³/mol. The average Bonchev–Trinajstić information content (AvgIpc) is 2.86. The van der Waals surface area contributed by atoms with E-state index in [0.29, 0.717) is 25.4 Å². The largest absolute Gasteiger partial charge is 0.497 e. The third-order valence-electron chi connectivity index (χ3n) is 6.75. The fourth-order valence-corrected chi connectivity index (χ4v) is 6.63. The number of nitrogens with one attached hydrogen (secondary N) is 1. The van der Waals surface area contributed by atoms with Crippen molar-refractivity contribution in [2.75, 3.05) is 25.5 Å². The lowest BCUT2D eigenvalue weighted by molar-refractivity contribution is -0.115. The number of anilines is 1. The molecule has 2 bridgehead atoms. The number of fused-ring (bicyclic) bond motifs is 4. The maximum absolute atomic E-state index is 13.3. The number of amides is 1. The van der Waals surface area contributed by atoms with Crippen LogP contribution in [0.3, 0.4) is 0 Å². The summed E-state index contributed by atoms with van der Waals surface area (Å²) in [4.78, 5) is 25.9. The number of benzene rings is 2. The predicted octanol–water partition coefficient (Wildman–Crippen LogP) is 2.85. The van der Waals surface area contributed by atoms with Crippen LogP contribution in [0.1, 0.15) is 23.6 Å². The normalized spacial score (nSPS) is 19.6. The highest BCUT2D eigenvalue weighted by atomic mass is 32.2. The molecule has 2 atom stereocenters. The minimum atomic E-state index is -3.66. The number of carbonyl (C=O) groups is 1. The van der Waals surface area contributed by atoms with Gasteiger partial charge in [-0.25, -0.2) is 8.42 Å². The van der Waals surface area contributed by atoms with Gasteiger partial charge in [0.15, 0.2) is 0 Å².